The van der Waals surface area contributed by atoms with Crippen LogP contribution in [0.1, 0.15) is 34.8 Å². The molecule has 2 aromatic carbocycles. The highest BCUT2D eigenvalue weighted by molar-refractivity contribution is 6.08. The molecule has 2 aromatic rings. The molecule has 0 saturated carbocycles. The second kappa shape index (κ2) is 6.93. The van der Waals surface area contributed by atoms with E-state index < -0.39 is 0 Å². The predicted molar refractivity (Wildman–Crippen MR) is 89.1 cm³/mol. The lowest BCUT2D eigenvalue weighted by Gasteiger charge is -2.13. The lowest BCUT2D eigenvalue weighted by Crippen LogP contribution is -2.15. The molecule has 2 N–H and O–H groups in total. The maximum absolute atomic E-state index is 12.5. The highest BCUT2D eigenvalue weighted by Crippen LogP contribution is 2.20. The first-order chi connectivity index (χ1) is 10.1. The number of carbonyl (C=O) groups is 1. The Bertz CT molecular complexity index is 635. The van der Waals surface area contributed by atoms with E-state index in [9.17, 15) is 4.79 Å². The number of hydrogen-bond acceptors (Lipinski definition) is 2. The van der Waals surface area contributed by atoms with Crippen molar-refractivity contribution < 1.29 is 4.79 Å². The minimum atomic E-state index is -0.0806. The Kier molecular flexibility index (Phi) is 4.99. The highest BCUT2D eigenvalue weighted by atomic mass is 16.1. The minimum absolute atomic E-state index is 0.0806. The summed E-state index contributed by atoms with van der Waals surface area (Å²) in [4.78, 5) is 12.5. The van der Waals surface area contributed by atoms with Crippen molar-refractivity contribution in [2.75, 3.05) is 17.2 Å². The topological polar surface area (TPSA) is 41.1 Å². The van der Waals surface area contributed by atoms with E-state index in [-0.39, 0.29) is 5.91 Å². The van der Waals surface area contributed by atoms with E-state index in [1.165, 1.54) is 0 Å². The van der Waals surface area contributed by atoms with E-state index in [4.69, 9.17) is 0 Å². The zero-order valence-electron chi connectivity index (χ0n) is 12.9. The second-order valence-corrected chi connectivity index (χ2v) is 5.30. The molecule has 0 radical (unpaired) electrons. The molecule has 0 aliphatic rings. The monoisotopic (exact) mass is 282 g/mol. The first-order valence-corrected chi connectivity index (χ1v) is 7.32. The van der Waals surface area contributed by atoms with Gasteiger partial charge in [0.25, 0.3) is 5.91 Å². The van der Waals surface area contributed by atoms with Crippen molar-refractivity contribution in [3.05, 3.63) is 59.2 Å². The van der Waals surface area contributed by atoms with Crippen molar-refractivity contribution >= 4 is 17.3 Å². The van der Waals surface area contributed by atoms with Gasteiger partial charge in [-0.2, -0.15) is 0 Å². The van der Waals surface area contributed by atoms with Gasteiger partial charge in [0.05, 0.1) is 5.56 Å². The van der Waals surface area contributed by atoms with Gasteiger partial charge in [0.1, 0.15) is 0 Å². The molecule has 0 bridgehead atoms. The van der Waals surface area contributed by atoms with Crippen LogP contribution in [0.2, 0.25) is 0 Å². The molecule has 0 aliphatic carbocycles. The van der Waals surface area contributed by atoms with E-state index in [1.54, 1.807) is 0 Å². The number of hydrogen-bond donors (Lipinski definition) is 2. The van der Waals surface area contributed by atoms with Gasteiger partial charge in [-0.05, 0) is 50.1 Å². The normalized spacial score (nSPS) is 10.2. The summed E-state index contributed by atoms with van der Waals surface area (Å²) in [5.41, 5.74) is 4.59. The quantitative estimate of drug-likeness (QED) is 0.854. The molecule has 21 heavy (non-hydrogen) atoms. The summed E-state index contributed by atoms with van der Waals surface area (Å²) in [5.74, 6) is -0.0806. The summed E-state index contributed by atoms with van der Waals surface area (Å²) >= 11 is 0. The van der Waals surface area contributed by atoms with Crippen LogP contribution in [0.15, 0.2) is 42.5 Å². The van der Waals surface area contributed by atoms with Crippen molar-refractivity contribution in [3.8, 4) is 0 Å². The predicted octanol–water partition coefficient (Wildman–Crippen LogP) is 4.38. The fourth-order valence-corrected chi connectivity index (χ4v) is 2.18. The van der Waals surface area contributed by atoms with Crippen molar-refractivity contribution in [2.24, 2.45) is 0 Å². The second-order valence-electron chi connectivity index (χ2n) is 5.30. The molecule has 110 valence electrons. The van der Waals surface area contributed by atoms with E-state index in [0.717, 1.165) is 35.5 Å². The van der Waals surface area contributed by atoms with E-state index in [0.29, 0.717) is 5.56 Å². The zero-order valence-corrected chi connectivity index (χ0v) is 12.9. The lowest BCUT2D eigenvalue weighted by atomic mass is 10.1. The Morgan fingerprint density at radius 2 is 1.81 bits per heavy atom. The van der Waals surface area contributed by atoms with Gasteiger partial charge in [-0.15, -0.1) is 0 Å². The highest BCUT2D eigenvalue weighted by Gasteiger charge is 2.12. The zero-order chi connectivity index (χ0) is 15.2. The van der Waals surface area contributed by atoms with Gasteiger partial charge >= 0.3 is 0 Å². The maximum Gasteiger partial charge on any atom is 0.257 e. The van der Waals surface area contributed by atoms with Gasteiger partial charge in [0.2, 0.25) is 0 Å². The molecule has 0 atom stereocenters. The summed E-state index contributed by atoms with van der Waals surface area (Å²) in [6, 6.07) is 13.7. The minimum Gasteiger partial charge on any atom is -0.384 e. The molecular weight excluding hydrogens is 260 g/mol. The molecule has 0 saturated heterocycles. The third kappa shape index (κ3) is 4.09. The van der Waals surface area contributed by atoms with Crippen LogP contribution in [0.3, 0.4) is 0 Å². The van der Waals surface area contributed by atoms with E-state index in [2.05, 4.69) is 17.6 Å². The number of aryl methyl sites for hydroxylation is 2. The molecule has 3 heteroatoms. The molecular formula is C18H22N2O. The van der Waals surface area contributed by atoms with Crippen LogP contribution >= 0.6 is 0 Å². The molecule has 0 heterocycles. The van der Waals surface area contributed by atoms with Gasteiger partial charge in [-0.3, -0.25) is 4.79 Å². The third-order valence-electron chi connectivity index (χ3n) is 3.26. The van der Waals surface area contributed by atoms with Crippen LogP contribution in [-0.4, -0.2) is 12.5 Å². The molecule has 1 amide bonds. The number of carbonyl (C=O) groups excluding carboxylic acids is 1. The van der Waals surface area contributed by atoms with Crippen LogP contribution in [0.25, 0.3) is 0 Å². The van der Waals surface area contributed by atoms with Gasteiger partial charge < -0.3 is 10.6 Å². The summed E-state index contributed by atoms with van der Waals surface area (Å²) < 4.78 is 0. The Labute approximate surface area is 126 Å². The van der Waals surface area contributed by atoms with Gasteiger partial charge in [-0.25, -0.2) is 0 Å². The number of benzene rings is 2. The Hall–Kier alpha value is -2.29. The van der Waals surface area contributed by atoms with Crippen molar-refractivity contribution in [1.29, 1.82) is 0 Å². The molecule has 0 aliphatic heterocycles. The average molecular weight is 282 g/mol. The lowest BCUT2D eigenvalue weighted by molar-refractivity contribution is 0.102. The SMILES string of the molecule is CCCNc1ccc(C)cc1C(=O)Nc1cccc(C)c1. The molecule has 3 nitrogen and oxygen atoms in total. The fourth-order valence-electron chi connectivity index (χ4n) is 2.18. The molecule has 0 fully saturated rings. The smallest absolute Gasteiger partial charge is 0.257 e. The van der Waals surface area contributed by atoms with Gasteiger partial charge in [0, 0.05) is 17.9 Å². The molecule has 0 spiro atoms. The van der Waals surface area contributed by atoms with Crippen LogP contribution < -0.4 is 10.6 Å². The van der Waals surface area contributed by atoms with Crippen molar-refractivity contribution in [3.63, 3.8) is 0 Å². The van der Waals surface area contributed by atoms with E-state index >= 15 is 0 Å². The number of rotatable bonds is 5. The maximum atomic E-state index is 12.5. The van der Waals surface area contributed by atoms with E-state index in [1.807, 2.05) is 56.3 Å². The Balaban J connectivity index is 2.23. The van der Waals surface area contributed by atoms with Crippen LogP contribution in [0.5, 0.6) is 0 Å². The summed E-state index contributed by atoms with van der Waals surface area (Å²) in [7, 11) is 0. The molecule has 2 rings (SSSR count). The Morgan fingerprint density at radius 3 is 2.52 bits per heavy atom. The first kappa shape index (κ1) is 15.1. The summed E-state index contributed by atoms with van der Waals surface area (Å²) in [6.45, 7) is 6.96. The van der Waals surface area contributed by atoms with Crippen LogP contribution in [0.4, 0.5) is 11.4 Å². The average Bonchev–Trinajstić information content (AvgIpc) is 2.46. The van der Waals surface area contributed by atoms with Crippen LogP contribution in [0, 0.1) is 13.8 Å². The molecule has 0 aromatic heterocycles. The van der Waals surface area contributed by atoms with Crippen molar-refractivity contribution in [2.45, 2.75) is 27.2 Å². The molecule has 0 unspecified atom stereocenters. The fraction of sp³-hybridized carbons (Fsp3) is 0.278. The number of anilines is 2. The van der Waals surface area contributed by atoms with Crippen LogP contribution in [-0.2, 0) is 0 Å². The largest absolute Gasteiger partial charge is 0.384 e. The summed E-state index contributed by atoms with van der Waals surface area (Å²) in [6.07, 6.45) is 1.02. The third-order valence-corrected chi connectivity index (χ3v) is 3.26. The number of nitrogens with one attached hydrogen (secondary N) is 2. The van der Waals surface area contributed by atoms with Crippen molar-refractivity contribution in [1.82, 2.24) is 0 Å². The number of amides is 1. The summed E-state index contributed by atoms with van der Waals surface area (Å²) in [5, 5.41) is 6.27. The van der Waals surface area contributed by atoms with Gasteiger partial charge in [-0.1, -0.05) is 30.7 Å². The first-order valence-electron chi connectivity index (χ1n) is 7.32. The standard InChI is InChI=1S/C18H22N2O/c1-4-10-19-17-9-8-14(3)12-16(17)18(21)20-15-7-5-6-13(2)11-15/h5-9,11-12,19H,4,10H2,1-3H3,(H,20,21). The van der Waals surface area contributed by atoms with Gasteiger partial charge in [0.15, 0.2) is 0 Å². The Morgan fingerprint density at radius 1 is 1.05 bits per heavy atom.